The van der Waals surface area contributed by atoms with Crippen molar-refractivity contribution in [1.82, 2.24) is 0 Å². The van der Waals surface area contributed by atoms with Crippen molar-refractivity contribution >= 4 is 39.3 Å². The van der Waals surface area contributed by atoms with Gasteiger partial charge in [0.25, 0.3) is 0 Å². The van der Waals surface area contributed by atoms with E-state index in [-0.39, 0.29) is 23.9 Å². The lowest BCUT2D eigenvalue weighted by Gasteiger charge is -2.06. The Hall–Kier alpha value is -4.12. The second kappa shape index (κ2) is 8.43. The number of carbonyl (C=O) groups excluding carboxylic acids is 2. The molecule has 5 heteroatoms. The van der Waals surface area contributed by atoms with Crippen LogP contribution in [0, 0.1) is 6.92 Å². The summed E-state index contributed by atoms with van der Waals surface area (Å²) in [4.78, 5) is 26.3. The minimum Gasteiger partial charge on any atom is -0.464 e. The number of rotatable bonds is 6. The van der Waals surface area contributed by atoms with Gasteiger partial charge in [-0.05, 0) is 43.2 Å². The van der Waals surface area contributed by atoms with Crippen molar-refractivity contribution in [2.75, 3.05) is 5.32 Å². The van der Waals surface area contributed by atoms with Crippen LogP contribution in [0.1, 0.15) is 39.7 Å². The average molecular weight is 437 g/mol. The Morgan fingerprint density at radius 2 is 1.70 bits per heavy atom. The van der Waals surface area contributed by atoms with Crippen LogP contribution < -0.4 is 5.32 Å². The van der Waals surface area contributed by atoms with E-state index >= 15 is 0 Å². The summed E-state index contributed by atoms with van der Waals surface area (Å²) in [6.45, 7) is 4.05. The third-order valence-corrected chi connectivity index (χ3v) is 5.86. The van der Waals surface area contributed by atoms with E-state index in [2.05, 4.69) is 18.3 Å². The molecule has 0 aliphatic rings. The van der Waals surface area contributed by atoms with Crippen LogP contribution in [0.5, 0.6) is 0 Å². The van der Waals surface area contributed by atoms with E-state index in [1.165, 1.54) is 5.56 Å². The number of carbonyl (C=O) groups is 2. The smallest absolute Gasteiger partial charge is 0.230 e. The van der Waals surface area contributed by atoms with Crippen molar-refractivity contribution in [3.8, 4) is 0 Å². The van der Waals surface area contributed by atoms with E-state index in [9.17, 15) is 9.59 Å². The second-order valence-electron chi connectivity index (χ2n) is 8.17. The SMILES string of the molecule is CCc1ccc2occ(CC(=O)Nc3c(C(=O)c4ccc(C)cc4)oc4ccccc34)c2c1. The molecule has 0 aliphatic heterocycles. The first kappa shape index (κ1) is 20.8. The average Bonchev–Trinajstić information content (AvgIpc) is 3.40. The molecule has 0 saturated carbocycles. The van der Waals surface area contributed by atoms with Gasteiger partial charge in [-0.1, -0.05) is 55.0 Å². The predicted octanol–water partition coefficient (Wildman–Crippen LogP) is 6.46. The Labute approximate surface area is 191 Å². The van der Waals surface area contributed by atoms with Crippen molar-refractivity contribution in [2.24, 2.45) is 0 Å². The van der Waals surface area contributed by atoms with E-state index in [1.807, 2.05) is 49.4 Å². The largest absolute Gasteiger partial charge is 0.464 e. The molecule has 0 fully saturated rings. The van der Waals surface area contributed by atoms with Crippen LogP contribution >= 0.6 is 0 Å². The van der Waals surface area contributed by atoms with Crippen LogP contribution in [0.25, 0.3) is 21.9 Å². The van der Waals surface area contributed by atoms with Gasteiger partial charge >= 0.3 is 0 Å². The third kappa shape index (κ3) is 3.94. The maximum Gasteiger partial charge on any atom is 0.230 e. The molecule has 1 amide bonds. The molecule has 5 rings (SSSR count). The Kier molecular flexibility index (Phi) is 5.31. The van der Waals surface area contributed by atoms with Gasteiger partial charge in [-0.3, -0.25) is 9.59 Å². The van der Waals surface area contributed by atoms with Crippen molar-refractivity contribution in [1.29, 1.82) is 0 Å². The van der Waals surface area contributed by atoms with E-state index in [0.29, 0.717) is 22.2 Å². The van der Waals surface area contributed by atoms with Gasteiger partial charge in [0.2, 0.25) is 11.7 Å². The summed E-state index contributed by atoms with van der Waals surface area (Å²) in [5.74, 6) is -0.398. The van der Waals surface area contributed by atoms with Crippen LogP contribution in [-0.4, -0.2) is 11.7 Å². The molecule has 0 radical (unpaired) electrons. The Bertz CT molecular complexity index is 1490. The molecular weight excluding hydrogens is 414 g/mol. The molecular formula is C28H23NO4. The Balaban J connectivity index is 1.48. The lowest BCUT2D eigenvalue weighted by molar-refractivity contribution is -0.115. The molecule has 2 aromatic heterocycles. The number of fused-ring (bicyclic) bond motifs is 2. The molecule has 1 N–H and O–H groups in total. The number of nitrogens with one attached hydrogen (secondary N) is 1. The number of furan rings is 2. The van der Waals surface area contributed by atoms with Gasteiger partial charge in [-0.15, -0.1) is 0 Å². The topological polar surface area (TPSA) is 72.5 Å². The first-order valence-corrected chi connectivity index (χ1v) is 10.9. The van der Waals surface area contributed by atoms with E-state index in [0.717, 1.165) is 28.5 Å². The van der Waals surface area contributed by atoms with Gasteiger partial charge in [-0.25, -0.2) is 0 Å². The molecule has 2 heterocycles. The van der Waals surface area contributed by atoms with E-state index in [4.69, 9.17) is 8.83 Å². The van der Waals surface area contributed by atoms with Crippen LogP contribution in [0.2, 0.25) is 0 Å². The molecule has 33 heavy (non-hydrogen) atoms. The molecule has 164 valence electrons. The summed E-state index contributed by atoms with van der Waals surface area (Å²) < 4.78 is 11.5. The number of benzene rings is 3. The van der Waals surface area contributed by atoms with Gasteiger partial charge < -0.3 is 14.2 Å². The minimum absolute atomic E-state index is 0.123. The molecule has 5 nitrogen and oxygen atoms in total. The van der Waals surface area contributed by atoms with Crippen molar-refractivity contribution in [2.45, 2.75) is 26.7 Å². The fourth-order valence-corrected chi connectivity index (χ4v) is 4.01. The Morgan fingerprint density at radius 3 is 2.48 bits per heavy atom. The first-order chi connectivity index (χ1) is 16.0. The molecule has 0 unspecified atom stereocenters. The molecule has 0 bridgehead atoms. The van der Waals surface area contributed by atoms with E-state index in [1.54, 1.807) is 24.5 Å². The van der Waals surface area contributed by atoms with E-state index < -0.39 is 0 Å². The summed E-state index contributed by atoms with van der Waals surface area (Å²) in [5, 5.41) is 4.55. The lowest BCUT2D eigenvalue weighted by Crippen LogP contribution is -2.16. The summed E-state index contributed by atoms with van der Waals surface area (Å²) in [6.07, 6.45) is 2.64. The number of hydrogen-bond donors (Lipinski definition) is 1. The first-order valence-electron chi connectivity index (χ1n) is 10.9. The summed E-state index contributed by atoms with van der Waals surface area (Å²) in [6, 6.07) is 20.6. The normalized spacial score (nSPS) is 11.2. The van der Waals surface area contributed by atoms with Crippen molar-refractivity contribution in [3.63, 3.8) is 0 Å². The molecule has 5 aromatic rings. The van der Waals surface area contributed by atoms with Crippen LogP contribution in [0.3, 0.4) is 0 Å². The zero-order valence-corrected chi connectivity index (χ0v) is 18.5. The summed E-state index contributed by atoms with van der Waals surface area (Å²) in [5.41, 5.74) is 5.23. The fourth-order valence-electron chi connectivity index (χ4n) is 4.01. The monoisotopic (exact) mass is 437 g/mol. The van der Waals surface area contributed by atoms with Gasteiger partial charge in [0, 0.05) is 21.9 Å². The highest BCUT2D eigenvalue weighted by Gasteiger charge is 2.24. The lowest BCUT2D eigenvalue weighted by atomic mass is 10.0. The Morgan fingerprint density at radius 1 is 0.909 bits per heavy atom. The highest BCUT2D eigenvalue weighted by atomic mass is 16.3. The molecule has 0 saturated heterocycles. The number of ketones is 1. The highest BCUT2D eigenvalue weighted by Crippen LogP contribution is 2.33. The number of aryl methyl sites for hydroxylation is 2. The standard InChI is InChI=1S/C28H23NO4/c1-3-18-10-13-23-22(14-18)20(16-32-23)15-25(30)29-26-21-6-4-5-7-24(21)33-28(26)27(31)19-11-8-17(2)9-12-19/h4-14,16H,3,15H2,1-2H3,(H,29,30). The maximum atomic E-state index is 13.2. The van der Waals surface area contributed by atoms with Gasteiger partial charge in [0.1, 0.15) is 11.2 Å². The molecule has 3 aromatic carbocycles. The number of hydrogen-bond acceptors (Lipinski definition) is 4. The fraction of sp³-hybridized carbons (Fsp3) is 0.143. The van der Waals surface area contributed by atoms with Gasteiger partial charge in [-0.2, -0.15) is 0 Å². The summed E-state index contributed by atoms with van der Waals surface area (Å²) >= 11 is 0. The zero-order chi connectivity index (χ0) is 22.9. The zero-order valence-electron chi connectivity index (χ0n) is 18.5. The molecule has 0 atom stereocenters. The maximum absolute atomic E-state index is 13.2. The third-order valence-electron chi connectivity index (χ3n) is 5.86. The minimum atomic E-state index is -0.275. The molecule has 0 spiro atoms. The van der Waals surface area contributed by atoms with Crippen LogP contribution in [0.15, 0.2) is 81.8 Å². The van der Waals surface area contributed by atoms with Crippen LogP contribution in [0.4, 0.5) is 5.69 Å². The quantitative estimate of drug-likeness (QED) is 0.309. The highest BCUT2D eigenvalue weighted by molar-refractivity contribution is 6.17. The van der Waals surface area contributed by atoms with Crippen molar-refractivity contribution < 1.29 is 18.4 Å². The van der Waals surface area contributed by atoms with Crippen LogP contribution in [-0.2, 0) is 17.6 Å². The number of para-hydroxylation sites is 1. The number of anilines is 1. The summed E-state index contributed by atoms with van der Waals surface area (Å²) in [7, 11) is 0. The second-order valence-corrected chi connectivity index (χ2v) is 8.17. The van der Waals surface area contributed by atoms with Gasteiger partial charge in [0.15, 0.2) is 5.76 Å². The predicted molar refractivity (Wildman–Crippen MR) is 129 cm³/mol. The molecule has 0 aliphatic carbocycles. The van der Waals surface area contributed by atoms with Crippen molar-refractivity contribution in [3.05, 3.63) is 101 Å². The van der Waals surface area contributed by atoms with Gasteiger partial charge in [0.05, 0.1) is 18.4 Å². The number of amides is 1.